The number of carbonyl (C=O) groups excluding carboxylic acids is 6. The summed E-state index contributed by atoms with van der Waals surface area (Å²) in [6, 6.07) is 27.0. The second-order valence-corrected chi connectivity index (χ2v) is 17.3. The fourth-order valence-corrected chi connectivity index (χ4v) is 7.73. The van der Waals surface area contributed by atoms with Gasteiger partial charge in [-0.15, -0.1) is 0 Å². The van der Waals surface area contributed by atoms with Gasteiger partial charge in [0, 0.05) is 65.4 Å². The monoisotopic (exact) mass is 1230 g/mol. The van der Waals surface area contributed by atoms with Crippen LogP contribution in [0.2, 0.25) is 0 Å². The van der Waals surface area contributed by atoms with Crippen LogP contribution in [0.1, 0.15) is 70.1 Å². The van der Waals surface area contributed by atoms with Crippen LogP contribution in [0.3, 0.4) is 0 Å². The standard InChI is InChI=1S/C34H35F9N4O3.C15H21F9N4O3.2CH4/c35-32(36,37)28(48)44-19-10-21-46(30(50)34(41,42)43)22-12-24-47(23-11-20-45-29(49)33(38,39)40)31(25-13-4-1-5-14-25,26-15-6-2-7-16-26)27-17-8-3-9-18-27;16-13(17,18)10(29)26-6-1-4-25-5-2-8-28(12(31)15(22,23)24)9-3-7-27-11(30)14(19,20)21;;/h1-9,13-18H,10-12,19-24H2,(H,44,48)(H,45,49);25H,1-9H2,(H,26,29)(H,27,30);2*1H4. The van der Waals surface area contributed by atoms with Crippen LogP contribution in [-0.4, -0.2) is 166 Å². The fraction of sp³-hybridized carbons (Fsp3) is 0.529. The van der Waals surface area contributed by atoms with Crippen molar-refractivity contribution in [2.24, 2.45) is 0 Å². The van der Waals surface area contributed by atoms with E-state index in [4.69, 9.17) is 0 Å². The summed E-state index contributed by atoms with van der Waals surface area (Å²) in [5, 5.41) is 9.19. The van der Waals surface area contributed by atoms with Gasteiger partial charge in [0.05, 0.1) is 5.54 Å². The predicted octanol–water partition coefficient (Wildman–Crippen LogP) is 8.97. The first kappa shape index (κ1) is 76.1. The summed E-state index contributed by atoms with van der Waals surface area (Å²) in [7, 11) is 0. The Morgan fingerprint density at radius 3 is 0.843 bits per heavy atom. The second kappa shape index (κ2) is 34.7. The summed E-state index contributed by atoms with van der Waals surface area (Å²) in [6.45, 7) is -3.78. The Morgan fingerprint density at radius 1 is 0.313 bits per heavy atom. The maximum Gasteiger partial charge on any atom is 0.471 e. The topological polar surface area (TPSA) is 172 Å². The van der Waals surface area contributed by atoms with Crippen molar-refractivity contribution in [1.82, 2.24) is 41.3 Å². The Balaban J connectivity index is 0.00000177. The molecule has 0 bridgehead atoms. The van der Waals surface area contributed by atoms with Crippen molar-refractivity contribution in [3.05, 3.63) is 108 Å². The summed E-state index contributed by atoms with van der Waals surface area (Å²) >= 11 is 0. The third-order valence-electron chi connectivity index (χ3n) is 11.3. The van der Waals surface area contributed by atoms with Crippen molar-refractivity contribution in [2.75, 3.05) is 78.5 Å². The van der Waals surface area contributed by atoms with Gasteiger partial charge in [-0.1, -0.05) is 106 Å². The number of amides is 6. The first-order valence-corrected chi connectivity index (χ1v) is 24.3. The maximum absolute atomic E-state index is 13.6. The minimum atomic E-state index is -5.30. The number of rotatable bonds is 28. The molecular weight excluding hydrogens is 1160 g/mol. The van der Waals surface area contributed by atoms with E-state index in [0.717, 1.165) is 0 Å². The van der Waals surface area contributed by atoms with E-state index in [2.05, 4.69) is 5.32 Å². The van der Waals surface area contributed by atoms with Crippen LogP contribution in [0.5, 0.6) is 0 Å². The highest BCUT2D eigenvalue weighted by molar-refractivity contribution is 5.84. The van der Waals surface area contributed by atoms with Gasteiger partial charge in [0.2, 0.25) is 0 Å². The smallest absolute Gasteiger partial charge is 0.348 e. The van der Waals surface area contributed by atoms with Gasteiger partial charge in [0.25, 0.3) is 0 Å². The minimum Gasteiger partial charge on any atom is -0.348 e. The van der Waals surface area contributed by atoms with Crippen LogP contribution in [0.15, 0.2) is 91.0 Å². The van der Waals surface area contributed by atoms with Crippen LogP contribution in [0.25, 0.3) is 0 Å². The highest BCUT2D eigenvalue weighted by Gasteiger charge is 2.46. The molecule has 470 valence electrons. The number of halogens is 18. The van der Waals surface area contributed by atoms with Gasteiger partial charge in [-0.25, -0.2) is 0 Å². The largest absolute Gasteiger partial charge is 0.471 e. The van der Waals surface area contributed by atoms with Gasteiger partial charge in [-0.2, -0.15) is 79.0 Å². The molecule has 0 fully saturated rings. The first-order valence-electron chi connectivity index (χ1n) is 24.3. The maximum atomic E-state index is 13.6. The summed E-state index contributed by atoms with van der Waals surface area (Å²) in [6.07, 6.45) is -31.7. The van der Waals surface area contributed by atoms with E-state index in [9.17, 15) is 108 Å². The molecule has 14 nitrogen and oxygen atoms in total. The molecule has 0 aliphatic carbocycles. The molecule has 5 N–H and O–H groups in total. The lowest BCUT2D eigenvalue weighted by atomic mass is 9.75. The second-order valence-electron chi connectivity index (χ2n) is 17.3. The molecule has 0 aromatic heterocycles. The third-order valence-corrected chi connectivity index (χ3v) is 11.3. The zero-order valence-corrected chi connectivity index (χ0v) is 42.5. The fourth-order valence-electron chi connectivity index (χ4n) is 7.73. The molecular formula is C51H64F18N8O6. The molecule has 3 rings (SSSR count). The molecule has 0 radical (unpaired) electrons. The number of alkyl halides is 18. The van der Waals surface area contributed by atoms with Gasteiger partial charge in [0.15, 0.2) is 0 Å². The van der Waals surface area contributed by atoms with E-state index >= 15 is 0 Å². The Hall–Kier alpha value is -6.86. The van der Waals surface area contributed by atoms with Crippen molar-refractivity contribution in [2.45, 2.75) is 96.0 Å². The molecule has 0 unspecified atom stereocenters. The molecule has 0 saturated heterocycles. The summed E-state index contributed by atoms with van der Waals surface area (Å²) in [4.78, 5) is 70.2. The normalized spacial score (nSPS) is 12.1. The average molecular weight is 1230 g/mol. The number of nitrogens with one attached hydrogen (secondary N) is 5. The molecule has 3 aromatic carbocycles. The number of hydrogen-bond acceptors (Lipinski definition) is 8. The van der Waals surface area contributed by atoms with E-state index in [0.29, 0.717) is 26.5 Å². The molecule has 0 aliphatic rings. The van der Waals surface area contributed by atoms with E-state index in [1.165, 1.54) is 5.32 Å². The molecule has 32 heteroatoms. The number of nitrogens with zero attached hydrogens (tertiary/aromatic N) is 3. The molecule has 0 atom stereocenters. The Labute approximate surface area is 466 Å². The quantitative estimate of drug-likeness (QED) is 0.0273. The summed E-state index contributed by atoms with van der Waals surface area (Å²) < 4.78 is 227. The Kier molecular flexibility index (Phi) is 31.8. The zero-order chi connectivity index (χ0) is 61.3. The van der Waals surface area contributed by atoms with Crippen molar-refractivity contribution in [3.8, 4) is 0 Å². The SMILES string of the molecule is C.C.O=C(NCCCN(CCCN(CCCNC(=O)C(F)(F)F)C(c1ccccc1)(c1ccccc1)c1ccccc1)C(=O)C(F)(F)F)C(F)(F)F.O=C(NCCCNCCCN(CCCNC(=O)C(F)(F)F)C(=O)C(F)(F)F)C(F)(F)F. The van der Waals surface area contributed by atoms with Gasteiger partial charge >= 0.3 is 72.5 Å². The number of benzene rings is 3. The van der Waals surface area contributed by atoms with Gasteiger partial charge in [-0.3, -0.25) is 33.7 Å². The van der Waals surface area contributed by atoms with Crippen LogP contribution < -0.4 is 26.6 Å². The lowest BCUT2D eigenvalue weighted by Crippen LogP contribution is -2.50. The van der Waals surface area contributed by atoms with E-state index in [1.807, 2.05) is 46.6 Å². The van der Waals surface area contributed by atoms with E-state index in [-0.39, 0.29) is 86.2 Å². The highest BCUT2D eigenvalue weighted by atomic mass is 19.4. The average Bonchev–Trinajstić information content (AvgIpc) is 2.58. The van der Waals surface area contributed by atoms with E-state index in [1.54, 1.807) is 65.2 Å². The molecule has 0 spiro atoms. The molecule has 0 aliphatic heterocycles. The number of hydrogen-bond donors (Lipinski definition) is 5. The zero-order valence-electron chi connectivity index (χ0n) is 42.5. The molecule has 0 saturated carbocycles. The Morgan fingerprint density at radius 2 is 0.554 bits per heavy atom. The van der Waals surface area contributed by atoms with Gasteiger partial charge in [-0.05, 0) is 68.3 Å². The molecule has 3 aromatic rings. The van der Waals surface area contributed by atoms with Crippen molar-refractivity contribution >= 4 is 35.4 Å². The Bertz CT molecular complexity index is 2310. The lowest BCUT2D eigenvalue weighted by molar-refractivity contribution is -0.185. The molecule has 6 amide bonds. The molecule has 83 heavy (non-hydrogen) atoms. The van der Waals surface area contributed by atoms with Gasteiger partial charge < -0.3 is 36.4 Å². The van der Waals surface area contributed by atoms with Gasteiger partial charge in [0.1, 0.15) is 0 Å². The van der Waals surface area contributed by atoms with Crippen molar-refractivity contribution in [1.29, 1.82) is 0 Å². The van der Waals surface area contributed by atoms with Crippen molar-refractivity contribution < 1.29 is 108 Å². The minimum absolute atomic E-state index is 0. The first-order chi connectivity index (χ1) is 37.5. The number of carbonyl (C=O) groups is 6. The van der Waals surface area contributed by atoms with Crippen LogP contribution in [0.4, 0.5) is 79.0 Å². The van der Waals surface area contributed by atoms with Crippen molar-refractivity contribution in [3.63, 3.8) is 0 Å². The summed E-state index contributed by atoms with van der Waals surface area (Å²) in [5.41, 5.74) is 0.958. The van der Waals surface area contributed by atoms with Crippen LogP contribution >= 0.6 is 0 Å². The lowest BCUT2D eigenvalue weighted by Gasteiger charge is -2.46. The van der Waals surface area contributed by atoms with Crippen LogP contribution in [-0.2, 0) is 34.3 Å². The third kappa shape index (κ3) is 26.5. The highest BCUT2D eigenvalue weighted by Crippen LogP contribution is 2.43. The predicted molar refractivity (Wildman–Crippen MR) is 266 cm³/mol. The van der Waals surface area contributed by atoms with E-state index < -0.39 is 124 Å². The van der Waals surface area contributed by atoms with Crippen LogP contribution in [0, 0.1) is 0 Å². The summed E-state index contributed by atoms with van der Waals surface area (Å²) in [5.74, 6) is -13.2. The molecule has 0 heterocycles.